The molecule has 0 atom stereocenters. The molecule has 0 aromatic heterocycles. The second kappa shape index (κ2) is 9.00. The van der Waals surface area contributed by atoms with Crippen molar-refractivity contribution >= 4 is 0 Å². The minimum absolute atomic E-state index is 1.01. The molecule has 0 spiro atoms. The Kier molecular flexibility index (Phi) is 7.87. The summed E-state index contributed by atoms with van der Waals surface area (Å²) in [5.41, 5.74) is 0. The molecule has 1 saturated carbocycles. The maximum Gasteiger partial charge on any atom is 0.0107 e. The highest BCUT2D eigenvalue weighted by molar-refractivity contribution is 4.75. The van der Waals surface area contributed by atoms with Crippen LogP contribution in [0.15, 0.2) is 0 Å². The van der Waals surface area contributed by atoms with Gasteiger partial charge in [0.2, 0.25) is 0 Å². The van der Waals surface area contributed by atoms with Crippen molar-refractivity contribution in [2.75, 3.05) is 32.7 Å². The molecular weight excluding hydrogens is 196 g/mol. The van der Waals surface area contributed by atoms with Crippen LogP contribution in [0.2, 0.25) is 0 Å². The van der Waals surface area contributed by atoms with Crippen LogP contribution in [0.25, 0.3) is 0 Å². The first kappa shape index (κ1) is 14.0. The van der Waals surface area contributed by atoms with E-state index in [0.717, 1.165) is 5.92 Å². The highest BCUT2D eigenvalue weighted by atomic mass is 15.1. The van der Waals surface area contributed by atoms with E-state index in [-0.39, 0.29) is 0 Å². The van der Waals surface area contributed by atoms with E-state index in [4.69, 9.17) is 0 Å². The minimum atomic E-state index is 1.01. The summed E-state index contributed by atoms with van der Waals surface area (Å²) in [4.78, 5) is 2.63. The predicted molar refractivity (Wildman–Crippen MR) is 71.8 cm³/mol. The molecule has 2 heteroatoms. The maximum absolute atomic E-state index is 3.59. The van der Waals surface area contributed by atoms with Crippen molar-refractivity contribution in [3.05, 3.63) is 0 Å². The van der Waals surface area contributed by atoms with E-state index >= 15 is 0 Å². The van der Waals surface area contributed by atoms with E-state index in [9.17, 15) is 0 Å². The van der Waals surface area contributed by atoms with Gasteiger partial charge in [-0.2, -0.15) is 0 Å². The van der Waals surface area contributed by atoms with Crippen LogP contribution in [0.4, 0.5) is 0 Å². The van der Waals surface area contributed by atoms with Crippen molar-refractivity contribution in [2.45, 2.75) is 52.4 Å². The average molecular weight is 226 g/mol. The molecule has 0 bridgehead atoms. The molecule has 1 fully saturated rings. The minimum Gasteiger partial charge on any atom is -0.315 e. The molecule has 0 unspecified atom stereocenters. The maximum atomic E-state index is 3.59. The first-order valence-electron chi connectivity index (χ1n) is 7.29. The zero-order valence-electron chi connectivity index (χ0n) is 11.3. The molecular formula is C14H30N2. The van der Waals surface area contributed by atoms with E-state index in [0.29, 0.717) is 0 Å². The first-order chi connectivity index (χ1) is 7.86. The van der Waals surface area contributed by atoms with Crippen molar-refractivity contribution in [1.82, 2.24) is 10.2 Å². The van der Waals surface area contributed by atoms with Crippen molar-refractivity contribution in [3.8, 4) is 0 Å². The molecule has 2 nitrogen and oxygen atoms in total. The lowest BCUT2D eigenvalue weighted by molar-refractivity contribution is 0.264. The van der Waals surface area contributed by atoms with Crippen LogP contribution in [0.5, 0.6) is 0 Å². The van der Waals surface area contributed by atoms with E-state index in [1.165, 1.54) is 71.2 Å². The molecule has 0 aliphatic heterocycles. The highest BCUT2D eigenvalue weighted by Crippen LogP contribution is 2.27. The van der Waals surface area contributed by atoms with Crippen molar-refractivity contribution in [1.29, 1.82) is 0 Å². The summed E-state index contributed by atoms with van der Waals surface area (Å²) in [7, 11) is 0. The molecule has 1 N–H and O–H groups in total. The van der Waals surface area contributed by atoms with Gasteiger partial charge in [-0.1, -0.05) is 26.7 Å². The summed E-state index contributed by atoms with van der Waals surface area (Å²) >= 11 is 0. The van der Waals surface area contributed by atoms with Gasteiger partial charge in [0.05, 0.1) is 0 Å². The third kappa shape index (κ3) is 7.24. The van der Waals surface area contributed by atoms with Crippen LogP contribution in [0, 0.1) is 5.92 Å². The van der Waals surface area contributed by atoms with Crippen LogP contribution >= 0.6 is 0 Å². The lowest BCUT2D eigenvalue weighted by Crippen LogP contribution is -2.34. The Labute approximate surface area is 102 Å². The van der Waals surface area contributed by atoms with Crippen LogP contribution in [-0.2, 0) is 0 Å². The molecule has 0 heterocycles. The second-order valence-electron chi connectivity index (χ2n) is 5.20. The topological polar surface area (TPSA) is 15.3 Å². The van der Waals surface area contributed by atoms with Crippen molar-refractivity contribution in [2.24, 2.45) is 5.92 Å². The summed E-state index contributed by atoms with van der Waals surface area (Å²) in [6, 6.07) is 0. The van der Waals surface area contributed by atoms with Crippen LogP contribution in [0.3, 0.4) is 0 Å². The summed E-state index contributed by atoms with van der Waals surface area (Å²) in [6.07, 6.45) is 8.26. The van der Waals surface area contributed by atoms with Gasteiger partial charge in [0.25, 0.3) is 0 Å². The second-order valence-corrected chi connectivity index (χ2v) is 5.20. The van der Waals surface area contributed by atoms with Crippen molar-refractivity contribution < 1.29 is 0 Å². The highest BCUT2D eigenvalue weighted by Gasteiger charge is 2.20. The standard InChI is InChI=1S/C14H30N2/c1-3-5-10-16(11-6-4-2)12-9-15-13-14-7-8-14/h14-15H,3-13H2,1-2H3. The smallest absolute Gasteiger partial charge is 0.0107 e. The van der Waals surface area contributed by atoms with Gasteiger partial charge in [0.15, 0.2) is 0 Å². The molecule has 0 radical (unpaired) electrons. The fourth-order valence-electron chi connectivity index (χ4n) is 1.96. The Bertz CT molecular complexity index is 147. The summed E-state index contributed by atoms with van der Waals surface area (Å²) in [6.45, 7) is 10.8. The largest absolute Gasteiger partial charge is 0.315 e. The third-order valence-electron chi connectivity index (χ3n) is 3.39. The number of hydrogen-bond acceptors (Lipinski definition) is 2. The molecule has 0 aromatic rings. The molecule has 0 aromatic carbocycles. The molecule has 0 amide bonds. The van der Waals surface area contributed by atoms with Gasteiger partial charge in [0.1, 0.15) is 0 Å². The Hall–Kier alpha value is -0.0800. The molecule has 1 aliphatic rings. The number of hydrogen-bond donors (Lipinski definition) is 1. The fraction of sp³-hybridized carbons (Fsp3) is 1.00. The molecule has 16 heavy (non-hydrogen) atoms. The Balaban J connectivity index is 1.99. The van der Waals surface area contributed by atoms with Crippen LogP contribution in [-0.4, -0.2) is 37.6 Å². The monoisotopic (exact) mass is 226 g/mol. The van der Waals surface area contributed by atoms with Gasteiger partial charge < -0.3 is 10.2 Å². The van der Waals surface area contributed by atoms with Gasteiger partial charge >= 0.3 is 0 Å². The summed E-state index contributed by atoms with van der Waals surface area (Å²) in [5, 5.41) is 3.59. The zero-order chi connectivity index (χ0) is 11.6. The number of nitrogens with zero attached hydrogens (tertiary/aromatic N) is 1. The molecule has 0 saturated heterocycles. The predicted octanol–water partition coefficient (Wildman–Crippen LogP) is 2.89. The summed E-state index contributed by atoms with van der Waals surface area (Å²) < 4.78 is 0. The number of rotatable bonds is 11. The van der Waals surface area contributed by atoms with Gasteiger partial charge in [-0.3, -0.25) is 0 Å². The lowest BCUT2D eigenvalue weighted by atomic mass is 10.2. The molecule has 1 aliphatic carbocycles. The average Bonchev–Trinajstić information content (AvgIpc) is 3.11. The SMILES string of the molecule is CCCCN(CCCC)CCNCC1CC1. The Morgan fingerprint density at radius 3 is 2.12 bits per heavy atom. The van der Waals surface area contributed by atoms with E-state index < -0.39 is 0 Å². The van der Waals surface area contributed by atoms with E-state index in [1.54, 1.807) is 0 Å². The molecule has 1 rings (SSSR count). The van der Waals surface area contributed by atoms with Gasteiger partial charge in [-0.15, -0.1) is 0 Å². The van der Waals surface area contributed by atoms with Crippen LogP contribution < -0.4 is 5.32 Å². The number of nitrogens with one attached hydrogen (secondary N) is 1. The van der Waals surface area contributed by atoms with Gasteiger partial charge in [0, 0.05) is 13.1 Å². The Morgan fingerprint density at radius 1 is 1.00 bits per heavy atom. The third-order valence-corrected chi connectivity index (χ3v) is 3.39. The molecule has 96 valence electrons. The number of unbranched alkanes of at least 4 members (excludes halogenated alkanes) is 2. The normalized spacial score (nSPS) is 15.9. The van der Waals surface area contributed by atoms with E-state index in [2.05, 4.69) is 24.1 Å². The fourth-order valence-corrected chi connectivity index (χ4v) is 1.96. The van der Waals surface area contributed by atoms with Crippen LogP contribution in [0.1, 0.15) is 52.4 Å². The van der Waals surface area contributed by atoms with E-state index in [1.807, 2.05) is 0 Å². The lowest BCUT2D eigenvalue weighted by Gasteiger charge is -2.22. The Morgan fingerprint density at radius 2 is 1.62 bits per heavy atom. The van der Waals surface area contributed by atoms with Gasteiger partial charge in [-0.05, 0) is 51.2 Å². The van der Waals surface area contributed by atoms with Crippen molar-refractivity contribution in [3.63, 3.8) is 0 Å². The first-order valence-corrected chi connectivity index (χ1v) is 7.29. The summed E-state index contributed by atoms with van der Waals surface area (Å²) in [5.74, 6) is 1.01. The zero-order valence-corrected chi connectivity index (χ0v) is 11.3. The quantitative estimate of drug-likeness (QED) is 0.545. The van der Waals surface area contributed by atoms with Gasteiger partial charge in [-0.25, -0.2) is 0 Å².